The minimum absolute atomic E-state index is 0.0489. The van der Waals surface area contributed by atoms with Crippen molar-refractivity contribution in [2.45, 2.75) is 37.1 Å². The molecular weight excluding hydrogens is 328 g/mol. The normalized spacial score (nSPS) is 13.9. The summed E-state index contributed by atoms with van der Waals surface area (Å²) >= 11 is 4.31. The van der Waals surface area contributed by atoms with Gasteiger partial charge in [-0.3, -0.25) is 0 Å². The highest BCUT2D eigenvalue weighted by atomic mass is 79.9. The number of halogens is 1. The van der Waals surface area contributed by atoms with E-state index in [0.717, 1.165) is 11.3 Å². The van der Waals surface area contributed by atoms with Crippen molar-refractivity contribution in [1.29, 1.82) is 0 Å². The quantitative estimate of drug-likeness (QED) is 0.823. The Morgan fingerprint density at radius 1 is 1.59 bits per heavy atom. The Balaban J connectivity index is 2.63. The van der Waals surface area contributed by atoms with Gasteiger partial charge in [0.2, 0.25) is 4.34 Å². The zero-order valence-electron chi connectivity index (χ0n) is 9.60. The first kappa shape index (κ1) is 15.0. The molecule has 2 N–H and O–H groups in total. The lowest BCUT2D eigenvalue weighted by atomic mass is 10.2. The Morgan fingerprint density at radius 3 is 2.71 bits per heavy atom. The van der Waals surface area contributed by atoms with Gasteiger partial charge in [0.15, 0.2) is 0 Å². The molecule has 0 aliphatic rings. The van der Waals surface area contributed by atoms with Crippen molar-refractivity contribution in [1.82, 2.24) is 9.71 Å². The van der Waals surface area contributed by atoms with E-state index in [9.17, 15) is 13.5 Å². The molecule has 5 nitrogen and oxygen atoms in total. The van der Waals surface area contributed by atoms with Gasteiger partial charge in [-0.05, 0) is 35.7 Å². The molecule has 1 aromatic rings. The van der Waals surface area contributed by atoms with Gasteiger partial charge in [-0.15, -0.1) is 0 Å². The summed E-state index contributed by atoms with van der Waals surface area (Å²) in [5.41, 5.74) is 0.656. The molecule has 1 rings (SSSR count). The lowest BCUT2D eigenvalue weighted by molar-refractivity contribution is 0.162. The average molecular weight is 343 g/mol. The van der Waals surface area contributed by atoms with E-state index in [1.54, 1.807) is 6.92 Å². The maximum absolute atomic E-state index is 11.8. The summed E-state index contributed by atoms with van der Waals surface area (Å²) in [4.78, 5) is 3.96. The fraction of sp³-hybridized carbons (Fsp3) is 0.667. The van der Waals surface area contributed by atoms with Gasteiger partial charge < -0.3 is 5.11 Å². The second-order valence-electron chi connectivity index (χ2n) is 3.59. The molecular formula is C9H15BrN2O3S2. The monoisotopic (exact) mass is 342 g/mol. The van der Waals surface area contributed by atoms with Crippen LogP contribution < -0.4 is 4.72 Å². The Labute approximate surface area is 113 Å². The molecule has 8 heteroatoms. The molecule has 1 atom stereocenters. The summed E-state index contributed by atoms with van der Waals surface area (Å²) in [5.74, 6) is 0. The lowest BCUT2D eigenvalue weighted by Gasteiger charge is -2.07. The van der Waals surface area contributed by atoms with Crippen LogP contribution in [0.25, 0.3) is 0 Å². The van der Waals surface area contributed by atoms with Crippen LogP contribution >= 0.6 is 27.3 Å². The van der Waals surface area contributed by atoms with Crippen molar-refractivity contribution >= 4 is 37.3 Å². The van der Waals surface area contributed by atoms with E-state index in [0.29, 0.717) is 22.3 Å². The molecule has 0 aliphatic carbocycles. The highest BCUT2D eigenvalue weighted by molar-refractivity contribution is 9.11. The number of aliphatic hydroxyl groups excluding tert-OH is 1. The number of aryl methyl sites for hydroxylation is 1. The maximum Gasteiger partial charge on any atom is 0.267 e. The number of rotatable bonds is 6. The fourth-order valence-electron chi connectivity index (χ4n) is 1.09. The molecule has 0 saturated carbocycles. The van der Waals surface area contributed by atoms with Gasteiger partial charge in [0.25, 0.3) is 10.0 Å². The van der Waals surface area contributed by atoms with E-state index < -0.39 is 16.1 Å². The molecule has 0 spiro atoms. The standard InChI is InChI=1S/C9H15BrN2O3S2/c1-3-7(13)4-5-11-17(14,15)9-12-6(2)8(10)16-9/h7,11,13H,3-5H2,1-2H3. The van der Waals surface area contributed by atoms with Crippen LogP contribution in [0.1, 0.15) is 25.5 Å². The number of hydrogen-bond donors (Lipinski definition) is 2. The minimum Gasteiger partial charge on any atom is -0.393 e. The molecule has 0 aromatic carbocycles. The van der Waals surface area contributed by atoms with Crippen LogP contribution in [-0.4, -0.2) is 31.2 Å². The fourth-order valence-corrected chi connectivity index (χ4v) is 4.13. The summed E-state index contributed by atoms with van der Waals surface area (Å²) in [6.07, 6.45) is 0.549. The van der Waals surface area contributed by atoms with E-state index in [2.05, 4.69) is 25.6 Å². The highest BCUT2D eigenvalue weighted by Crippen LogP contribution is 2.26. The largest absolute Gasteiger partial charge is 0.393 e. The third kappa shape index (κ3) is 4.29. The minimum atomic E-state index is -3.55. The molecule has 0 fully saturated rings. The molecule has 0 bridgehead atoms. The van der Waals surface area contributed by atoms with E-state index in [4.69, 9.17) is 0 Å². The Bertz CT molecular complexity index is 453. The number of aliphatic hydroxyl groups is 1. The average Bonchev–Trinajstić information content (AvgIpc) is 2.59. The van der Waals surface area contributed by atoms with E-state index in [1.807, 2.05) is 6.92 Å². The van der Waals surface area contributed by atoms with Gasteiger partial charge in [0, 0.05) is 6.54 Å². The number of nitrogens with one attached hydrogen (secondary N) is 1. The highest BCUT2D eigenvalue weighted by Gasteiger charge is 2.19. The summed E-state index contributed by atoms with van der Waals surface area (Å²) in [7, 11) is -3.55. The first-order valence-electron chi connectivity index (χ1n) is 5.17. The second kappa shape index (κ2) is 6.24. The smallest absolute Gasteiger partial charge is 0.267 e. The molecule has 17 heavy (non-hydrogen) atoms. The number of aromatic nitrogens is 1. The third-order valence-corrected chi connectivity index (χ3v) is 6.03. The van der Waals surface area contributed by atoms with Gasteiger partial charge in [-0.2, -0.15) is 0 Å². The number of nitrogens with zero attached hydrogens (tertiary/aromatic N) is 1. The van der Waals surface area contributed by atoms with E-state index in [1.165, 1.54) is 0 Å². The summed E-state index contributed by atoms with van der Waals surface area (Å²) in [5, 5.41) is 9.32. The first-order valence-corrected chi connectivity index (χ1v) is 8.26. The predicted octanol–water partition coefficient (Wildman–Crippen LogP) is 1.65. The van der Waals surface area contributed by atoms with Gasteiger partial charge >= 0.3 is 0 Å². The van der Waals surface area contributed by atoms with Crippen molar-refractivity contribution < 1.29 is 13.5 Å². The summed E-state index contributed by atoms with van der Waals surface area (Å²) in [6, 6.07) is 0. The molecule has 0 amide bonds. The topological polar surface area (TPSA) is 79.3 Å². The first-order chi connectivity index (χ1) is 7.86. The van der Waals surface area contributed by atoms with Crippen molar-refractivity contribution in [3.63, 3.8) is 0 Å². The van der Waals surface area contributed by atoms with Gasteiger partial charge in [-0.25, -0.2) is 18.1 Å². The zero-order chi connectivity index (χ0) is 13.1. The number of thiazole rings is 1. The lowest BCUT2D eigenvalue weighted by Crippen LogP contribution is -2.27. The maximum atomic E-state index is 11.8. The van der Waals surface area contributed by atoms with Crippen LogP contribution in [0.15, 0.2) is 8.13 Å². The van der Waals surface area contributed by atoms with E-state index >= 15 is 0 Å². The zero-order valence-corrected chi connectivity index (χ0v) is 12.8. The van der Waals surface area contributed by atoms with Crippen molar-refractivity contribution in [2.24, 2.45) is 0 Å². The second-order valence-corrected chi connectivity index (χ2v) is 7.85. The molecule has 1 heterocycles. The van der Waals surface area contributed by atoms with Crippen LogP contribution in [0.2, 0.25) is 0 Å². The molecule has 98 valence electrons. The van der Waals surface area contributed by atoms with Gasteiger partial charge in [0.1, 0.15) is 0 Å². The molecule has 1 unspecified atom stereocenters. The Morgan fingerprint density at radius 2 is 2.24 bits per heavy atom. The summed E-state index contributed by atoms with van der Waals surface area (Å²) < 4.78 is 26.8. The molecule has 0 saturated heterocycles. The van der Waals surface area contributed by atoms with Crippen molar-refractivity contribution in [3.8, 4) is 0 Å². The molecule has 1 aromatic heterocycles. The van der Waals surface area contributed by atoms with Gasteiger partial charge in [-0.1, -0.05) is 18.3 Å². The number of hydrogen-bond acceptors (Lipinski definition) is 5. The van der Waals surface area contributed by atoms with Crippen LogP contribution in [0.5, 0.6) is 0 Å². The SMILES string of the molecule is CCC(O)CCNS(=O)(=O)c1nc(C)c(Br)s1. The van der Waals surface area contributed by atoms with E-state index in [-0.39, 0.29) is 10.9 Å². The van der Waals surface area contributed by atoms with Crippen LogP contribution in [0, 0.1) is 6.92 Å². The number of sulfonamides is 1. The Kier molecular flexibility index (Phi) is 5.52. The predicted molar refractivity (Wildman–Crippen MR) is 70.7 cm³/mol. The van der Waals surface area contributed by atoms with Crippen LogP contribution in [-0.2, 0) is 10.0 Å². The van der Waals surface area contributed by atoms with Crippen molar-refractivity contribution in [2.75, 3.05) is 6.54 Å². The summed E-state index contributed by atoms with van der Waals surface area (Å²) in [6.45, 7) is 3.80. The molecule has 0 radical (unpaired) electrons. The molecule has 0 aliphatic heterocycles. The van der Waals surface area contributed by atoms with Crippen molar-refractivity contribution in [3.05, 3.63) is 9.48 Å². The van der Waals surface area contributed by atoms with Crippen LogP contribution in [0.4, 0.5) is 0 Å². The van der Waals surface area contributed by atoms with Gasteiger partial charge in [0.05, 0.1) is 15.6 Å². The Hall–Kier alpha value is -0.0200. The third-order valence-electron chi connectivity index (χ3n) is 2.19. The van der Waals surface area contributed by atoms with Crippen LogP contribution in [0.3, 0.4) is 0 Å².